The Morgan fingerprint density at radius 3 is 3.42 bits per heavy atom. The number of nitrogens with one attached hydrogen (secondary N) is 1. The van der Waals surface area contributed by atoms with Gasteiger partial charge in [0, 0.05) is 11.1 Å². The first kappa shape index (κ1) is 8.31. The molecular formula is C7H8BrN2OS+. The second-order valence-corrected chi connectivity index (χ2v) is 4.29. The Bertz CT molecular complexity index is 352. The van der Waals surface area contributed by atoms with Crippen LogP contribution in [0.5, 0.6) is 0 Å². The van der Waals surface area contributed by atoms with Crippen molar-refractivity contribution in [1.29, 1.82) is 0 Å². The minimum Gasteiger partial charge on any atom is -0.241 e. The average molecular weight is 248 g/mol. The van der Waals surface area contributed by atoms with Gasteiger partial charge in [0.15, 0.2) is 0 Å². The first-order chi connectivity index (χ1) is 5.81. The third-order valence-electron chi connectivity index (χ3n) is 1.84. The highest BCUT2D eigenvalue weighted by Crippen LogP contribution is 2.23. The highest BCUT2D eigenvalue weighted by atomic mass is 79.9. The van der Waals surface area contributed by atoms with Gasteiger partial charge in [-0.1, -0.05) is 15.9 Å². The average Bonchev–Trinajstić information content (AvgIpc) is 2.46. The molecule has 1 unspecified atom stereocenters. The van der Waals surface area contributed by atoms with Gasteiger partial charge < -0.3 is 0 Å². The Morgan fingerprint density at radius 2 is 2.67 bits per heavy atom. The van der Waals surface area contributed by atoms with Crippen LogP contribution >= 0.6 is 27.7 Å². The van der Waals surface area contributed by atoms with Gasteiger partial charge >= 0.3 is 10.7 Å². The second kappa shape index (κ2) is 3.22. The van der Waals surface area contributed by atoms with Crippen molar-refractivity contribution in [3.05, 3.63) is 22.6 Å². The quantitative estimate of drug-likeness (QED) is 0.451. The second-order valence-electron chi connectivity index (χ2n) is 2.64. The molecule has 1 aromatic heterocycles. The molecule has 0 amide bonds. The van der Waals surface area contributed by atoms with Crippen molar-refractivity contribution >= 4 is 27.7 Å². The molecule has 0 saturated carbocycles. The Morgan fingerprint density at radius 1 is 1.83 bits per heavy atom. The monoisotopic (exact) mass is 247 g/mol. The molecule has 0 spiro atoms. The van der Waals surface area contributed by atoms with Crippen molar-refractivity contribution in [2.75, 3.05) is 11.1 Å². The summed E-state index contributed by atoms with van der Waals surface area (Å²) in [5.41, 5.74) is -0.0241. The van der Waals surface area contributed by atoms with E-state index in [1.165, 1.54) is 0 Å². The van der Waals surface area contributed by atoms with Gasteiger partial charge in [-0.2, -0.15) is 0 Å². The molecule has 64 valence electrons. The van der Waals surface area contributed by atoms with Gasteiger partial charge in [0.2, 0.25) is 0 Å². The van der Waals surface area contributed by atoms with Crippen LogP contribution in [0.1, 0.15) is 6.04 Å². The maximum atomic E-state index is 10.9. The zero-order valence-corrected chi connectivity index (χ0v) is 8.69. The summed E-state index contributed by atoms with van der Waals surface area (Å²) >= 11 is 5.13. The minimum absolute atomic E-state index is 0.0241. The smallest absolute Gasteiger partial charge is 0.241 e. The Kier molecular flexibility index (Phi) is 2.23. The number of hydrogen-bond donors (Lipinski definition) is 1. The molecule has 0 aliphatic carbocycles. The third-order valence-corrected chi connectivity index (χ3v) is 3.72. The first-order valence-electron chi connectivity index (χ1n) is 3.64. The van der Waals surface area contributed by atoms with E-state index in [-0.39, 0.29) is 5.56 Å². The van der Waals surface area contributed by atoms with Gasteiger partial charge in [-0.25, -0.2) is 14.3 Å². The van der Waals surface area contributed by atoms with Gasteiger partial charge in [-0.3, -0.25) is 0 Å². The lowest BCUT2D eigenvalue weighted by Crippen LogP contribution is -2.41. The number of aromatic amines is 1. The Balaban J connectivity index is 2.47. The number of rotatable bonds is 1. The zero-order chi connectivity index (χ0) is 8.55. The largest absolute Gasteiger partial charge is 0.335 e. The number of alkyl halides is 1. The lowest BCUT2D eigenvalue weighted by Gasteiger charge is -2.01. The summed E-state index contributed by atoms with van der Waals surface area (Å²) in [4.78, 5) is 13.7. The molecule has 1 aromatic rings. The van der Waals surface area contributed by atoms with Crippen LogP contribution in [0, 0.1) is 0 Å². The lowest BCUT2D eigenvalue weighted by molar-refractivity contribution is -0.747. The Labute approximate surface area is 82.3 Å². The summed E-state index contributed by atoms with van der Waals surface area (Å²) in [5.74, 6) is 1.03. The minimum atomic E-state index is -0.0241. The van der Waals surface area contributed by atoms with Crippen molar-refractivity contribution in [2.24, 2.45) is 0 Å². The van der Waals surface area contributed by atoms with E-state index in [1.807, 2.05) is 6.20 Å². The van der Waals surface area contributed by atoms with E-state index in [0.717, 1.165) is 16.2 Å². The fraction of sp³-hybridized carbons (Fsp3) is 0.429. The number of nitrogens with zero attached hydrogens (tertiary/aromatic N) is 1. The number of halogens is 1. The maximum Gasteiger partial charge on any atom is 0.335 e. The van der Waals surface area contributed by atoms with E-state index >= 15 is 0 Å². The molecule has 5 heteroatoms. The van der Waals surface area contributed by atoms with E-state index in [9.17, 15) is 4.79 Å². The summed E-state index contributed by atoms with van der Waals surface area (Å²) in [6, 6.07) is 2.03. The van der Waals surface area contributed by atoms with Crippen LogP contribution in [0.2, 0.25) is 0 Å². The lowest BCUT2D eigenvalue weighted by atomic mass is 10.4. The SMILES string of the molecule is O=c1cc[n+]2c([nH]1)SCC2CBr. The normalized spacial score (nSPS) is 20.9. The summed E-state index contributed by atoms with van der Waals surface area (Å²) in [5, 5.41) is 1.90. The molecule has 0 radical (unpaired) electrons. The van der Waals surface area contributed by atoms with Crippen LogP contribution in [-0.2, 0) is 0 Å². The van der Waals surface area contributed by atoms with Crippen LogP contribution in [0.3, 0.4) is 0 Å². The predicted octanol–water partition coefficient (Wildman–Crippen LogP) is 0.704. The van der Waals surface area contributed by atoms with Crippen LogP contribution < -0.4 is 10.1 Å². The van der Waals surface area contributed by atoms with E-state index in [1.54, 1.807) is 17.8 Å². The van der Waals surface area contributed by atoms with Crippen molar-refractivity contribution in [3.63, 3.8) is 0 Å². The summed E-state index contributed by atoms with van der Waals surface area (Å²) < 4.78 is 2.10. The third kappa shape index (κ3) is 1.31. The topological polar surface area (TPSA) is 36.7 Å². The summed E-state index contributed by atoms with van der Waals surface area (Å²) in [6.45, 7) is 0. The summed E-state index contributed by atoms with van der Waals surface area (Å²) in [7, 11) is 0. The Hall–Kier alpha value is -0.290. The molecule has 1 aliphatic heterocycles. The molecule has 3 nitrogen and oxygen atoms in total. The van der Waals surface area contributed by atoms with Crippen molar-refractivity contribution in [2.45, 2.75) is 11.2 Å². The molecule has 0 saturated heterocycles. The molecule has 1 N–H and O–H groups in total. The van der Waals surface area contributed by atoms with Crippen LogP contribution in [0.4, 0.5) is 0 Å². The van der Waals surface area contributed by atoms with Crippen molar-refractivity contribution in [3.8, 4) is 0 Å². The standard InChI is InChI=1S/C7H7BrN2OS/c8-3-5-4-12-7-9-6(11)1-2-10(5)7/h1-2,5H,3-4H2/p+1. The van der Waals surface area contributed by atoms with E-state index in [0.29, 0.717) is 6.04 Å². The molecule has 1 atom stereocenters. The van der Waals surface area contributed by atoms with Crippen LogP contribution in [-0.4, -0.2) is 16.1 Å². The maximum absolute atomic E-state index is 10.9. The van der Waals surface area contributed by atoms with Crippen molar-refractivity contribution < 1.29 is 4.57 Å². The zero-order valence-electron chi connectivity index (χ0n) is 6.29. The predicted molar refractivity (Wildman–Crippen MR) is 50.8 cm³/mol. The molecular weight excluding hydrogens is 240 g/mol. The molecule has 0 fully saturated rings. The van der Waals surface area contributed by atoms with Gasteiger partial charge in [0.1, 0.15) is 6.04 Å². The van der Waals surface area contributed by atoms with E-state index < -0.39 is 0 Å². The van der Waals surface area contributed by atoms with Gasteiger partial charge in [-0.05, 0) is 11.8 Å². The first-order valence-corrected chi connectivity index (χ1v) is 5.75. The van der Waals surface area contributed by atoms with E-state index in [4.69, 9.17) is 0 Å². The number of thioether (sulfide) groups is 1. The fourth-order valence-corrected chi connectivity index (χ4v) is 3.20. The van der Waals surface area contributed by atoms with Gasteiger partial charge in [0.25, 0.3) is 0 Å². The number of H-pyrrole nitrogens is 1. The number of aromatic nitrogens is 2. The van der Waals surface area contributed by atoms with E-state index in [2.05, 4.69) is 25.5 Å². The molecule has 2 rings (SSSR count). The van der Waals surface area contributed by atoms with Gasteiger partial charge in [-0.15, -0.1) is 0 Å². The van der Waals surface area contributed by atoms with Crippen LogP contribution in [0.25, 0.3) is 0 Å². The van der Waals surface area contributed by atoms with Crippen LogP contribution in [0.15, 0.2) is 22.2 Å². The number of fused-ring (bicyclic) bond motifs is 1. The number of hydrogen-bond acceptors (Lipinski definition) is 2. The molecule has 12 heavy (non-hydrogen) atoms. The molecule has 1 aliphatic rings. The van der Waals surface area contributed by atoms with Crippen molar-refractivity contribution in [1.82, 2.24) is 4.98 Å². The highest BCUT2D eigenvalue weighted by molar-refractivity contribution is 9.09. The molecule has 0 aromatic carbocycles. The fourth-order valence-electron chi connectivity index (χ4n) is 1.20. The summed E-state index contributed by atoms with van der Waals surface area (Å²) in [6.07, 6.45) is 1.85. The molecule has 0 bridgehead atoms. The molecule has 2 heterocycles. The highest BCUT2D eigenvalue weighted by Gasteiger charge is 2.28. The van der Waals surface area contributed by atoms with Gasteiger partial charge in [0.05, 0.1) is 12.3 Å².